The van der Waals surface area contributed by atoms with Crippen LogP contribution in [0.15, 0.2) is 48.8 Å². The zero-order valence-corrected chi connectivity index (χ0v) is 14.2. The van der Waals surface area contributed by atoms with E-state index in [0.29, 0.717) is 6.61 Å². The number of pyridine rings is 2. The first kappa shape index (κ1) is 16.0. The predicted octanol–water partition coefficient (Wildman–Crippen LogP) is 3.87. The van der Waals surface area contributed by atoms with E-state index in [0.717, 1.165) is 47.4 Å². The molecule has 1 unspecified atom stereocenters. The maximum absolute atomic E-state index is 13.7. The molecule has 5 heteroatoms. The van der Waals surface area contributed by atoms with Gasteiger partial charge in [0.15, 0.2) is 0 Å². The number of hydrogen-bond donors (Lipinski definition) is 0. The van der Waals surface area contributed by atoms with Crippen LogP contribution in [0.5, 0.6) is 0 Å². The lowest BCUT2D eigenvalue weighted by molar-refractivity contribution is 0.0553. The lowest BCUT2D eigenvalue weighted by atomic mass is 10.1. The highest BCUT2D eigenvalue weighted by molar-refractivity contribution is 5.92. The van der Waals surface area contributed by atoms with Crippen molar-refractivity contribution in [1.29, 1.82) is 0 Å². The molecule has 1 fully saturated rings. The van der Waals surface area contributed by atoms with Crippen LogP contribution in [-0.4, -0.2) is 29.2 Å². The van der Waals surface area contributed by atoms with E-state index in [1.54, 1.807) is 24.5 Å². The number of nitrogens with zero attached hydrogens (tertiary/aromatic N) is 3. The smallest absolute Gasteiger partial charge is 0.124 e. The Kier molecular flexibility index (Phi) is 4.32. The average Bonchev–Trinajstić information content (AvgIpc) is 3.09. The normalized spacial score (nSPS) is 17.4. The minimum absolute atomic E-state index is 0.172. The van der Waals surface area contributed by atoms with Crippen molar-refractivity contribution in [3.05, 3.63) is 65.9 Å². The Balaban J connectivity index is 1.51. The molecule has 4 rings (SSSR count). The second-order valence-electron chi connectivity index (χ2n) is 6.47. The molecular formula is C20H20FN3O. The summed E-state index contributed by atoms with van der Waals surface area (Å²) >= 11 is 0. The summed E-state index contributed by atoms with van der Waals surface area (Å²) < 4.78 is 19.8. The summed E-state index contributed by atoms with van der Waals surface area (Å²) in [7, 11) is 0. The van der Waals surface area contributed by atoms with Crippen LogP contribution in [0.25, 0.3) is 10.9 Å². The zero-order chi connectivity index (χ0) is 17.2. The largest absolute Gasteiger partial charge is 0.372 e. The lowest BCUT2D eigenvalue weighted by Gasteiger charge is -2.21. The SMILES string of the molecule is Cc1cc(N2CCC(OCc3ccncc3)C2)c2cc(F)ccc2n1. The zero-order valence-electron chi connectivity index (χ0n) is 14.2. The number of benzene rings is 1. The summed E-state index contributed by atoms with van der Waals surface area (Å²) in [6, 6.07) is 10.7. The number of ether oxygens (including phenoxy) is 1. The fraction of sp³-hybridized carbons (Fsp3) is 0.300. The fourth-order valence-corrected chi connectivity index (χ4v) is 3.35. The third kappa shape index (κ3) is 3.46. The molecule has 0 radical (unpaired) electrons. The highest BCUT2D eigenvalue weighted by atomic mass is 19.1. The summed E-state index contributed by atoms with van der Waals surface area (Å²) in [6.45, 7) is 4.27. The molecule has 1 saturated heterocycles. The molecule has 1 atom stereocenters. The van der Waals surface area contributed by atoms with Gasteiger partial charge in [-0.2, -0.15) is 0 Å². The number of aryl methyl sites for hydroxylation is 1. The molecule has 128 valence electrons. The first-order valence-corrected chi connectivity index (χ1v) is 8.51. The quantitative estimate of drug-likeness (QED) is 0.724. The second-order valence-corrected chi connectivity index (χ2v) is 6.47. The van der Waals surface area contributed by atoms with Crippen molar-refractivity contribution in [2.75, 3.05) is 18.0 Å². The van der Waals surface area contributed by atoms with E-state index in [1.807, 2.05) is 25.1 Å². The molecular weight excluding hydrogens is 317 g/mol. The van der Waals surface area contributed by atoms with E-state index in [9.17, 15) is 4.39 Å². The Morgan fingerprint density at radius 3 is 2.88 bits per heavy atom. The Morgan fingerprint density at radius 2 is 2.04 bits per heavy atom. The molecule has 0 amide bonds. The van der Waals surface area contributed by atoms with Gasteiger partial charge in [0.05, 0.1) is 18.2 Å². The standard InChI is InChI=1S/C20H20FN3O/c1-14-10-20(18-11-16(21)2-3-19(18)23-14)24-9-6-17(12-24)25-13-15-4-7-22-8-5-15/h2-5,7-8,10-11,17H,6,9,12-13H2,1H3. The topological polar surface area (TPSA) is 38.2 Å². The molecule has 0 N–H and O–H groups in total. The van der Waals surface area contributed by atoms with Crippen molar-refractivity contribution in [3.63, 3.8) is 0 Å². The molecule has 4 nitrogen and oxygen atoms in total. The maximum atomic E-state index is 13.7. The molecule has 0 bridgehead atoms. The van der Waals surface area contributed by atoms with E-state index in [-0.39, 0.29) is 11.9 Å². The van der Waals surface area contributed by atoms with Crippen LogP contribution in [0.2, 0.25) is 0 Å². The molecule has 1 aliphatic rings. The van der Waals surface area contributed by atoms with Crippen LogP contribution < -0.4 is 4.90 Å². The van der Waals surface area contributed by atoms with Gasteiger partial charge in [-0.15, -0.1) is 0 Å². The Hall–Kier alpha value is -2.53. The molecule has 0 spiro atoms. The summed E-state index contributed by atoms with van der Waals surface area (Å²) in [6.07, 6.45) is 4.69. The first-order valence-electron chi connectivity index (χ1n) is 8.51. The van der Waals surface area contributed by atoms with E-state index >= 15 is 0 Å². The van der Waals surface area contributed by atoms with Crippen molar-refractivity contribution < 1.29 is 9.13 Å². The van der Waals surface area contributed by atoms with Crippen LogP contribution in [0.3, 0.4) is 0 Å². The van der Waals surface area contributed by atoms with Crippen LogP contribution in [0.4, 0.5) is 10.1 Å². The third-order valence-electron chi connectivity index (χ3n) is 4.60. The Morgan fingerprint density at radius 1 is 1.20 bits per heavy atom. The number of hydrogen-bond acceptors (Lipinski definition) is 4. The first-order chi connectivity index (χ1) is 12.2. The van der Waals surface area contributed by atoms with Crippen LogP contribution in [0, 0.1) is 12.7 Å². The van der Waals surface area contributed by atoms with Gasteiger partial charge in [0.25, 0.3) is 0 Å². The van der Waals surface area contributed by atoms with Crippen molar-refractivity contribution in [2.45, 2.75) is 26.1 Å². The lowest BCUT2D eigenvalue weighted by Crippen LogP contribution is -2.23. The van der Waals surface area contributed by atoms with Gasteiger partial charge in [-0.25, -0.2) is 4.39 Å². The van der Waals surface area contributed by atoms with E-state index in [4.69, 9.17) is 4.74 Å². The second kappa shape index (κ2) is 6.76. The number of anilines is 1. The van der Waals surface area contributed by atoms with Crippen molar-refractivity contribution in [2.24, 2.45) is 0 Å². The van der Waals surface area contributed by atoms with Gasteiger partial charge in [0.1, 0.15) is 5.82 Å². The van der Waals surface area contributed by atoms with Crippen molar-refractivity contribution in [3.8, 4) is 0 Å². The molecule has 1 aromatic carbocycles. The molecule has 3 aromatic rings. The number of rotatable bonds is 4. The van der Waals surface area contributed by atoms with Gasteiger partial charge in [0, 0.05) is 42.3 Å². The number of fused-ring (bicyclic) bond motifs is 1. The van der Waals surface area contributed by atoms with Gasteiger partial charge in [-0.05, 0) is 55.3 Å². The van der Waals surface area contributed by atoms with Crippen LogP contribution >= 0.6 is 0 Å². The fourth-order valence-electron chi connectivity index (χ4n) is 3.35. The van der Waals surface area contributed by atoms with Gasteiger partial charge in [-0.1, -0.05) is 0 Å². The minimum Gasteiger partial charge on any atom is -0.372 e. The van der Waals surface area contributed by atoms with E-state index in [2.05, 4.69) is 14.9 Å². The van der Waals surface area contributed by atoms with Gasteiger partial charge in [-0.3, -0.25) is 9.97 Å². The van der Waals surface area contributed by atoms with E-state index in [1.165, 1.54) is 6.07 Å². The minimum atomic E-state index is -0.232. The van der Waals surface area contributed by atoms with Gasteiger partial charge in [0.2, 0.25) is 0 Å². The monoisotopic (exact) mass is 337 g/mol. The molecule has 3 heterocycles. The molecule has 1 aliphatic heterocycles. The Labute approximate surface area is 146 Å². The summed E-state index contributed by atoms with van der Waals surface area (Å²) in [5, 5.41) is 0.861. The number of aromatic nitrogens is 2. The van der Waals surface area contributed by atoms with Crippen LogP contribution in [0.1, 0.15) is 17.7 Å². The summed E-state index contributed by atoms with van der Waals surface area (Å²) in [5.41, 5.74) is 3.94. The summed E-state index contributed by atoms with van der Waals surface area (Å²) in [5.74, 6) is -0.232. The third-order valence-corrected chi connectivity index (χ3v) is 4.60. The number of halogens is 1. The van der Waals surface area contributed by atoms with Crippen molar-refractivity contribution in [1.82, 2.24) is 9.97 Å². The van der Waals surface area contributed by atoms with E-state index < -0.39 is 0 Å². The molecule has 2 aromatic heterocycles. The predicted molar refractivity (Wildman–Crippen MR) is 96.1 cm³/mol. The molecule has 0 aliphatic carbocycles. The van der Waals surface area contributed by atoms with Crippen molar-refractivity contribution >= 4 is 16.6 Å². The molecule has 25 heavy (non-hydrogen) atoms. The highest BCUT2D eigenvalue weighted by Gasteiger charge is 2.25. The highest BCUT2D eigenvalue weighted by Crippen LogP contribution is 2.30. The van der Waals surface area contributed by atoms with Gasteiger partial charge < -0.3 is 9.64 Å². The Bertz CT molecular complexity index is 885. The van der Waals surface area contributed by atoms with Gasteiger partial charge >= 0.3 is 0 Å². The maximum Gasteiger partial charge on any atom is 0.124 e. The average molecular weight is 337 g/mol. The van der Waals surface area contributed by atoms with Crippen LogP contribution in [-0.2, 0) is 11.3 Å². The molecule has 0 saturated carbocycles. The summed E-state index contributed by atoms with van der Waals surface area (Å²) in [4.78, 5) is 10.8.